The third-order valence-corrected chi connectivity index (χ3v) is 4.92. The van der Waals surface area contributed by atoms with Crippen molar-refractivity contribution in [1.29, 1.82) is 0 Å². The van der Waals surface area contributed by atoms with Gasteiger partial charge in [-0.1, -0.05) is 29.8 Å². The molecule has 1 aliphatic heterocycles. The highest BCUT2D eigenvalue weighted by Crippen LogP contribution is 2.31. The Hall–Kier alpha value is -3.12. The van der Waals surface area contributed by atoms with Crippen LogP contribution in [0, 0.1) is 6.92 Å². The first-order chi connectivity index (χ1) is 14.9. The van der Waals surface area contributed by atoms with Crippen molar-refractivity contribution >= 4 is 23.1 Å². The molecule has 0 aromatic heterocycles. The summed E-state index contributed by atoms with van der Waals surface area (Å²) < 4.78 is 11.1. The maximum atomic E-state index is 13.2. The van der Waals surface area contributed by atoms with Crippen molar-refractivity contribution in [2.45, 2.75) is 40.2 Å². The fourth-order valence-corrected chi connectivity index (χ4v) is 3.37. The number of imide groups is 1. The summed E-state index contributed by atoms with van der Waals surface area (Å²) in [4.78, 5) is 27.7. The Morgan fingerprint density at radius 2 is 1.65 bits per heavy atom. The molecule has 0 atom stereocenters. The van der Waals surface area contributed by atoms with E-state index in [2.05, 4.69) is 5.32 Å². The minimum atomic E-state index is -0.320. The standard InChI is InChI=1S/C25H30N2O4/c1-5-30-21-13-9-19(10-14-21)22-23(26-20-11-7-18(4)8-12-20)25(29)27(24(22)28)15-6-16-31-17(2)3/h7-14,17,26H,5-6,15-16H2,1-4H3. The fourth-order valence-electron chi connectivity index (χ4n) is 3.37. The number of nitrogens with one attached hydrogen (secondary N) is 1. The van der Waals surface area contributed by atoms with Gasteiger partial charge in [-0.05, 0) is 63.9 Å². The van der Waals surface area contributed by atoms with Gasteiger partial charge < -0.3 is 14.8 Å². The van der Waals surface area contributed by atoms with Crippen LogP contribution in [-0.4, -0.2) is 42.6 Å². The second-order valence-electron chi connectivity index (χ2n) is 7.73. The predicted octanol–water partition coefficient (Wildman–Crippen LogP) is 4.40. The summed E-state index contributed by atoms with van der Waals surface area (Å²) >= 11 is 0. The summed E-state index contributed by atoms with van der Waals surface area (Å²) in [7, 11) is 0. The van der Waals surface area contributed by atoms with E-state index < -0.39 is 0 Å². The van der Waals surface area contributed by atoms with Gasteiger partial charge in [0.15, 0.2) is 0 Å². The van der Waals surface area contributed by atoms with E-state index in [1.165, 1.54) is 4.90 Å². The molecule has 0 saturated heterocycles. The van der Waals surface area contributed by atoms with E-state index in [-0.39, 0.29) is 17.9 Å². The molecule has 0 fully saturated rings. The zero-order valence-electron chi connectivity index (χ0n) is 18.6. The highest BCUT2D eigenvalue weighted by Gasteiger charge is 2.38. The van der Waals surface area contributed by atoms with E-state index >= 15 is 0 Å². The number of anilines is 1. The van der Waals surface area contributed by atoms with Gasteiger partial charge in [0.05, 0.1) is 18.3 Å². The molecule has 0 saturated carbocycles. The van der Waals surface area contributed by atoms with Crippen molar-refractivity contribution in [2.75, 3.05) is 25.1 Å². The third kappa shape index (κ3) is 5.52. The van der Waals surface area contributed by atoms with Crippen LogP contribution >= 0.6 is 0 Å². The summed E-state index contributed by atoms with van der Waals surface area (Å²) in [6.07, 6.45) is 0.700. The van der Waals surface area contributed by atoms with Crippen LogP contribution in [0.3, 0.4) is 0 Å². The second kappa shape index (κ2) is 10.3. The Bertz CT molecular complexity index is 946. The van der Waals surface area contributed by atoms with Crippen molar-refractivity contribution in [3.05, 3.63) is 65.4 Å². The van der Waals surface area contributed by atoms with Gasteiger partial charge in [0, 0.05) is 18.8 Å². The van der Waals surface area contributed by atoms with Crippen LogP contribution in [0.15, 0.2) is 54.2 Å². The molecule has 0 spiro atoms. The van der Waals surface area contributed by atoms with E-state index in [1.807, 2.05) is 76.2 Å². The SMILES string of the molecule is CCOc1ccc(C2=C(Nc3ccc(C)cc3)C(=O)N(CCCOC(C)C)C2=O)cc1. The van der Waals surface area contributed by atoms with Crippen LogP contribution in [0.5, 0.6) is 5.75 Å². The smallest absolute Gasteiger partial charge is 0.278 e. The molecule has 0 bridgehead atoms. The lowest BCUT2D eigenvalue weighted by Crippen LogP contribution is -2.34. The number of aryl methyl sites for hydroxylation is 1. The van der Waals surface area contributed by atoms with Crippen molar-refractivity contribution in [1.82, 2.24) is 4.90 Å². The average Bonchev–Trinajstić information content (AvgIpc) is 2.97. The normalized spacial score (nSPS) is 14.0. The quantitative estimate of drug-likeness (QED) is 0.454. The van der Waals surface area contributed by atoms with Crippen molar-refractivity contribution in [3.63, 3.8) is 0 Å². The Balaban J connectivity index is 1.89. The number of nitrogens with zero attached hydrogens (tertiary/aromatic N) is 1. The molecular weight excluding hydrogens is 392 g/mol. The van der Waals surface area contributed by atoms with Gasteiger partial charge in [-0.15, -0.1) is 0 Å². The molecule has 31 heavy (non-hydrogen) atoms. The summed E-state index contributed by atoms with van der Waals surface area (Å²) in [5.74, 6) is 0.103. The number of rotatable bonds is 10. The van der Waals surface area contributed by atoms with Gasteiger partial charge in [-0.3, -0.25) is 14.5 Å². The van der Waals surface area contributed by atoms with Gasteiger partial charge in [-0.25, -0.2) is 0 Å². The zero-order valence-corrected chi connectivity index (χ0v) is 18.6. The molecule has 2 amide bonds. The van der Waals surface area contributed by atoms with Crippen molar-refractivity contribution in [3.8, 4) is 5.75 Å². The number of hydrogen-bond donors (Lipinski definition) is 1. The second-order valence-corrected chi connectivity index (χ2v) is 7.73. The number of carbonyl (C=O) groups is 2. The molecule has 0 unspecified atom stereocenters. The molecule has 1 heterocycles. The maximum absolute atomic E-state index is 13.2. The minimum absolute atomic E-state index is 0.112. The molecule has 6 heteroatoms. The number of carbonyl (C=O) groups excluding carboxylic acids is 2. The van der Waals surface area contributed by atoms with E-state index in [4.69, 9.17) is 9.47 Å². The van der Waals surface area contributed by atoms with Crippen molar-refractivity contribution in [2.24, 2.45) is 0 Å². The van der Waals surface area contributed by atoms with Crippen LogP contribution in [0.4, 0.5) is 5.69 Å². The first kappa shape index (κ1) is 22.6. The Kier molecular flexibility index (Phi) is 7.47. The third-order valence-electron chi connectivity index (χ3n) is 4.92. The highest BCUT2D eigenvalue weighted by atomic mass is 16.5. The molecule has 2 aromatic carbocycles. The summed E-state index contributed by atoms with van der Waals surface area (Å²) in [5.41, 5.74) is 3.22. The lowest BCUT2D eigenvalue weighted by atomic mass is 10.0. The van der Waals surface area contributed by atoms with Gasteiger partial charge in [-0.2, -0.15) is 0 Å². The molecule has 2 aromatic rings. The number of hydrogen-bond acceptors (Lipinski definition) is 5. The van der Waals surface area contributed by atoms with Crippen LogP contribution in [0.25, 0.3) is 5.57 Å². The van der Waals surface area contributed by atoms with Crippen LogP contribution in [-0.2, 0) is 14.3 Å². The Morgan fingerprint density at radius 3 is 2.26 bits per heavy atom. The maximum Gasteiger partial charge on any atom is 0.278 e. The van der Waals surface area contributed by atoms with Crippen LogP contribution in [0.1, 0.15) is 38.3 Å². The molecular formula is C25H30N2O4. The average molecular weight is 423 g/mol. The molecule has 0 aliphatic carbocycles. The van der Waals surface area contributed by atoms with Crippen molar-refractivity contribution < 1.29 is 19.1 Å². The van der Waals surface area contributed by atoms with Gasteiger partial charge in [0.2, 0.25) is 0 Å². The molecule has 0 radical (unpaired) electrons. The van der Waals surface area contributed by atoms with E-state index in [0.29, 0.717) is 43.0 Å². The van der Waals surface area contributed by atoms with E-state index in [0.717, 1.165) is 17.0 Å². The Labute approximate surface area is 183 Å². The first-order valence-electron chi connectivity index (χ1n) is 10.7. The molecule has 6 nitrogen and oxygen atoms in total. The summed E-state index contributed by atoms with van der Waals surface area (Å²) in [6.45, 7) is 9.20. The lowest BCUT2D eigenvalue weighted by molar-refractivity contribution is -0.137. The summed E-state index contributed by atoms with van der Waals surface area (Å²) in [6, 6.07) is 15.0. The Morgan fingerprint density at radius 1 is 0.968 bits per heavy atom. The van der Waals surface area contributed by atoms with Gasteiger partial charge in [0.1, 0.15) is 11.4 Å². The number of ether oxygens (including phenoxy) is 2. The van der Waals surface area contributed by atoms with Crippen LogP contribution < -0.4 is 10.1 Å². The molecule has 3 rings (SSSR count). The monoisotopic (exact) mass is 422 g/mol. The van der Waals surface area contributed by atoms with Gasteiger partial charge in [0.25, 0.3) is 11.8 Å². The zero-order chi connectivity index (χ0) is 22.4. The van der Waals surface area contributed by atoms with Gasteiger partial charge >= 0.3 is 0 Å². The van der Waals surface area contributed by atoms with Crippen LogP contribution in [0.2, 0.25) is 0 Å². The highest BCUT2D eigenvalue weighted by molar-refractivity contribution is 6.36. The predicted molar refractivity (Wildman–Crippen MR) is 122 cm³/mol. The molecule has 1 aliphatic rings. The summed E-state index contributed by atoms with van der Waals surface area (Å²) in [5, 5.41) is 3.18. The van der Waals surface area contributed by atoms with E-state index in [9.17, 15) is 9.59 Å². The largest absolute Gasteiger partial charge is 0.494 e. The molecule has 1 N–H and O–H groups in total. The minimum Gasteiger partial charge on any atom is -0.494 e. The molecule has 164 valence electrons. The fraction of sp³-hybridized carbons (Fsp3) is 0.360. The number of amides is 2. The topological polar surface area (TPSA) is 67.9 Å². The lowest BCUT2D eigenvalue weighted by Gasteiger charge is -2.16. The first-order valence-corrected chi connectivity index (χ1v) is 10.7. The van der Waals surface area contributed by atoms with E-state index in [1.54, 1.807) is 0 Å². The number of benzene rings is 2.